The molecule has 1 aliphatic heterocycles. The van der Waals surface area contributed by atoms with Gasteiger partial charge < -0.3 is 9.32 Å². The lowest BCUT2D eigenvalue weighted by molar-refractivity contribution is 0.501. The molecule has 0 bridgehead atoms. The van der Waals surface area contributed by atoms with Crippen LogP contribution in [0, 0.1) is 0 Å². The van der Waals surface area contributed by atoms with Crippen LogP contribution >= 0.6 is 0 Å². The van der Waals surface area contributed by atoms with Gasteiger partial charge in [0.05, 0.1) is 12.7 Å². The number of benzene rings is 2. The summed E-state index contributed by atoms with van der Waals surface area (Å²) in [5.74, 6) is 1.60. The Bertz CT molecular complexity index is 749. The number of nitrogens with zero attached hydrogens (tertiary/aromatic N) is 2. The maximum Gasteiger partial charge on any atom is 0.214 e. The average molecular weight is 276 g/mol. The van der Waals surface area contributed by atoms with Gasteiger partial charge in [0.1, 0.15) is 0 Å². The molecule has 0 fully saturated rings. The molecule has 3 aromatic rings. The number of rotatable bonds is 3. The Balaban J connectivity index is 1.56. The van der Waals surface area contributed by atoms with Crippen molar-refractivity contribution in [2.75, 3.05) is 11.4 Å². The topological polar surface area (TPSA) is 29.3 Å². The van der Waals surface area contributed by atoms with Crippen LogP contribution in [0.5, 0.6) is 0 Å². The Hall–Kier alpha value is -2.55. The van der Waals surface area contributed by atoms with Crippen molar-refractivity contribution < 1.29 is 4.42 Å². The van der Waals surface area contributed by atoms with Gasteiger partial charge >= 0.3 is 0 Å². The number of fused-ring (bicyclic) bond motifs is 1. The fourth-order valence-corrected chi connectivity index (χ4v) is 2.85. The Morgan fingerprint density at radius 1 is 1.00 bits per heavy atom. The molecule has 0 radical (unpaired) electrons. The quantitative estimate of drug-likeness (QED) is 0.726. The van der Waals surface area contributed by atoms with E-state index >= 15 is 0 Å². The molecule has 0 N–H and O–H groups in total. The third kappa shape index (κ3) is 2.31. The van der Waals surface area contributed by atoms with Crippen molar-refractivity contribution in [1.29, 1.82) is 0 Å². The molecule has 4 rings (SSSR count). The molecule has 1 aliphatic rings. The standard InChI is InChI=1S/C18H16N2O/c1-2-7-15(8-3-1)17-12-19-18(21-17)13-20-11-10-14-6-4-5-9-16(14)20/h1-9,12H,10-11,13H2. The molecule has 0 aliphatic carbocycles. The van der Waals surface area contributed by atoms with Crippen molar-refractivity contribution in [2.24, 2.45) is 0 Å². The molecule has 0 saturated carbocycles. The van der Waals surface area contributed by atoms with Gasteiger partial charge in [-0.3, -0.25) is 0 Å². The van der Waals surface area contributed by atoms with Crippen LogP contribution in [0.1, 0.15) is 11.5 Å². The van der Waals surface area contributed by atoms with Gasteiger partial charge in [0.2, 0.25) is 5.89 Å². The van der Waals surface area contributed by atoms with Crippen LogP contribution in [0.4, 0.5) is 5.69 Å². The lowest BCUT2D eigenvalue weighted by atomic mass is 10.2. The first-order valence-corrected chi connectivity index (χ1v) is 7.23. The second-order valence-corrected chi connectivity index (χ2v) is 5.28. The van der Waals surface area contributed by atoms with Crippen LogP contribution < -0.4 is 4.90 Å². The van der Waals surface area contributed by atoms with Crippen LogP contribution in [0.2, 0.25) is 0 Å². The maximum absolute atomic E-state index is 5.89. The SMILES string of the molecule is c1ccc(-c2cnc(CN3CCc4ccccc43)o2)cc1. The molecule has 3 nitrogen and oxygen atoms in total. The number of oxazole rings is 1. The third-order valence-corrected chi connectivity index (χ3v) is 3.92. The molecular formula is C18H16N2O. The third-order valence-electron chi connectivity index (χ3n) is 3.92. The van der Waals surface area contributed by atoms with Crippen LogP contribution in [0.3, 0.4) is 0 Å². The zero-order valence-corrected chi connectivity index (χ0v) is 11.7. The van der Waals surface area contributed by atoms with E-state index in [4.69, 9.17) is 4.42 Å². The fraction of sp³-hybridized carbons (Fsp3) is 0.167. The van der Waals surface area contributed by atoms with E-state index in [2.05, 4.69) is 34.1 Å². The first kappa shape index (κ1) is 12.2. The summed E-state index contributed by atoms with van der Waals surface area (Å²) in [5, 5.41) is 0. The van der Waals surface area contributed by atoms with Crippen LogP contribution in [0.15, 0.2) is 65.2 Å². The Kier molecular flexibility index (Phi) is 2.96. The summed E-state index contributed by atoms with van der Waals surface area (Å²) in [7, 11) is 0. The first-order chi connectivity index (χ1) is 10.4. The highest BCUT2D eigenvalue weighted by Gasteiger charge is 2.20. The smallest absolute Gasteiger partial charge is 0.214 e. The van der Waals surface area contributed by atoms with Crippen LogP contribution in [-0.2, 0) is 13.0 Å². The molecule has 1 aromatic heterocycles. The van der Waals surface area contributed by atoms with Crippen LogP contribution in [-0.4, -0.2) is 11.5 Å². The van der Waals surface area contributed by atoms with Gasteiger partial charge in [-0.2, -0.15) is 0 Å². The summed E-state index contributed by atoms with van der Waals surface area (Å²) in [4.78, 5) is 6.75. The largest absolute Gasteiger partial charge is 0.439 e. The highest BCUT2D eigenvalue weighted by molar-refractivity contribution is 5.58. The van der Waals surface area contributed by atoms with E-state index in [0.29, 0.717) is 0 Å². The number of aromatic nitrogens is 1. The molecule has 2 heterocycles. The van der Waals surface area contributed by atoms with E-state index in [-0.39, 0.29) is 0 Å². The number of anilines is 1. The molecule has 0 unspecified atom stereocenters. The predicted octanol–water partition coefficient (Wildman–Crippen LogP) is 3.90. The molecule has 104 valence electrons. The van der Waals surface area contributed by atoms with Gasteiger partial charge in [-0.1, -0.05) is 48.5 Å². The van der Waals surface area contributed by atoms with Crippen molar-refractivity contribution >= 4 is 5.69 Å². The van der Waals surface area contributed by atoms with Crippen molar-refractivity contribution in [3.63, 3.8) is 0 Å². The maximum atomic E-state index is 5.89. The summed E-state index contributed by atoms with van der Waals surface area (Å²) in [6.45, 7) is 1.76. The van der Waals surface area contributed by atoms with E-state index in [0.717, 1.165) is 36.7 Å². The molecule has 0 spiro atoms. The van der Waals surface area contributed by atoms with E-state index in [9.17, 15) is 0 Å². The second-order valence-electron chi connectivity index (χ2n) is 5.28. The summed E-state index contributed by atoms with van der Waals surface area (Å²) in [6, 6.07) is 18.6. The minimum Gasteiger partial charge on any atom is -0.439 e. The summed E-state index contributed by atoms with van der Waals surface area (Å²) in [5.41, 5.74) is 3.78. The zero-order valence-electron chi connectivity index (χ0n) is 11.7. The fourth-order valence-electron chi connectivity index (χ4n) is 2.85. The Morgan fingerprint density at radius 2 is 1.81 bits per heavy atom. The predicted molar refractivity (Wildman–Crippen MR) is 83.1 cm³/mol. The van der Waals surface area contributed by atoms with Gasteiger partial charge in [-0.05, 0) is 18.1 Å². The van der Waals surface area contributed by atoms with E-state index in [1.165, 1.54) is 11.3 Å². The average Bonchev–Trinajstić information content (AvgIpc) is 3.17. The summed E-state index contributed by atoms with van der Waals surface area (Å²) in [6.07, 6.45) is 2.91. The molecule has 21 heavy (non-hydrogen) atoms. The van der Waals surface area contributed by atoms with Gasteiger partial charge in [0.15, 0.2) is 5.76 Å². The van der Waals surface area contributed by atoms with Crippen molar-refractivity contribution in [2.45, 2.75) is 13.0 Å². The number of hydrogen-bond acceptors (Lipinski definition) is 3. The normalized spacial score (nSPS) is 13.4. The molecule has 0 saturated heterocycles. The Labute approximate surface area is 123 Å². The van der Waals surface area contributed by atoms with Gasteiger partial charge in [0, 0.05) is 17.8 Å². The molecule has 3 heteroatoms. The van der Waals surface area contributed by atoms with Crippen LogP contribution in [0.25, 0.3) is 11.3 Å². The number of hydrogen-bond donors (Lipinski definition) is 0. The zero-order chi connectivity index (χ0) is 14.1. The van der Waals surface area contributed by atoms with Crippen molar-refractivity contribution in [3.8, 4) is 11.3 Å². The highest BCUT2D eigenvalue weighted by Crippen LogP contribution is 2.29. The highest BCUT2D eigenvalue weighted by atomic mass is 16.4. The monoisotopic (exact) mass is 276 g/mol. The van der Waals surface area contributed by atoms with E-state index < -0.39 is 0 Å². The first-order valence-electron chi connectivity index (χ1n) is 7.23. The van der Waals surface area contributed by atoms with E-state index in [1.54, 1.807) is 0 Å². The van der Waals surface area contributed by atoms with Crippen molar-refractivity contribution in [3.05, 3.63) is 72.2 Å². The number of para-hydroxylation sites is 1. The minimum atomic E-state index is 0.726. The van der Waals surface area contributed by atoms with Gasteiger partial charge in [-0.15, -0.1) is 0 Å². The lowest BCUT2D eigenvalue weighted by Gasteiger charge is -2.16. The van der Waals surface area contributed by atoms with Gasteiger partial charge in [-0.25, -0.2) is 4.98 Å². The van der Waals surface area contributed by atoms with Gasteiger partial charge in [0.25, 0.3) is 0 Å². The second kappa shape index (κ2) is 5.09. The Morgan fingerprint density at radius 3 is 2.71 bits per heavy atom. The summed E-state index contributed by atoms with van der Waals surface area (Å²) < 4.78 is 5.89. The minimum absolute atomic E-state index is 0.726. The van der Waals surface area contributed by atoms with Crippen molar-refractivity contribution in [1.82, 2.24) is 4.98 Å². The molecular weight excluding hydrogens is 260 g/mol. The lowest BCUT2D eigenvalue weighted by Crippen LogP contribution is -2.19. The molecule has 2 aromatic carbocycles. The summed E-state index contributed by atoms with van der Waals surface area (Å²) >= 11 is 0. The molecule has 0 atom stereocenters. The molecule has 0 amide bonds. The van der Waals surface area contributed by atoms with E-state index in [1.807, 2.05) is 36.5 Å².